The molecule has 1 amide bonds. The summed E-state index contributed by atoms with van der Waals surface area (Å²) in [4.78, 5) is 24.2. The van der Waals surface area contributed by atoms with Crippen LogP contribution in [0.25, 0.3) is 0 Å². The molecule has 1 aliphatic heterocycles. The van der Waals surface area contributed by atoms with Gasteiger partial charge < -0.3 is 19.1 Å². The zero-order valence-corrected chi connectivity index (χ0v) is 13.4. The first kappa shape index (κ1) is 17.0. The van der Waals surface area contributed by atoms with E-state index in [-0.39, 0.29) is 36.2 Å². The number of nitro groups is 1. The minimum absolute atomic E-state index is 0.0324. The number of morpholine rings is 1. The molecular formula is C15H20N2O6. The van der Waals surface area contributed by atoms with Gasteiger partial charge in [0.2, 0.25) is 0 Å². The Morgan fingerprint density at radius 1 is 1.35 bits per heavy atom. The first-order chi connectivity index (χ1) is 10.9. The minimum atomic E-state index is -0.528. The molecule has 1 saturated heterocycles. The second-order valence-corrected chi connectivity index (χ2v) is 5.44. The molecule has 1 aromatic rings. The average Bonchev–Trinajstić information content (AvgIpc) is 2.51. The Balaban J connectivity index is 2.03. The van der Waals surface area contributed by atoms with Crippen molar-refractivity contribution >= 4 is 11.6 Å². The number of nitro benzene ring substituents is 1. The van der Waals surface area contributed by atoms with Crippen molar-refractivity contribution in [2.24, 2.45) is 0 Å². The maximum absolute atomic E-state index is 12.3. The molecule has 1 aliphatic rings. The predicted octanol–water partition coefficient (Wildman–Crippen LogP) is 1.62. The molecule has 23 heavy (non-hydrogen) atoms. The number of nitrogens with zero attached hydrogens (tertiary/aromatic N) is 2. The van der Waals surface area contributed by atoms with Crippen LogP contribution in [0.2, 0.25) is 0 Å². The molecule has 1 aromatic carbocycles. The van der Waals surface area contributed by atoms with E-state index < -0.39 is 4.92 Å². The third-order valence-corrected chi connectivity index (χ3v) is 3.48. The van der Waals surface area contributed by atoms with Crippen LogP contribution < -0.4 is 9.47 Å². The van der Waals surface area contributed by atoms with Crippen LogP contribution in [0.5, 0.6) is 11.5 Å². The quantitative estimate of drug-likeness (QED) is 0.604. The van der Waals surface area contributed by atoms with Crippen LogP contribution in [0.15, 0.2) is 18.2 Å². The Morgan fingerprint density at radius 2 is 2.00 bits per heavy atom. The van der Waals surface area contributed by atoms with Crippen molar-refractivity contribution in [3.05, 3.63) is 28.3 Å². The van der Waals surface area contributed by atoms with E-state index in [9.17, 15) is 14.9 Å². The summed E-state index contributed by atoms with van der Waals surface area (Å²) in [7, 11) is 1.43. The number of carbonyl (C=O) groups is 1. The number of benzene rings is 1. The van der Waals surface area contributed by atoms with E-state index in [1.165, 1.54) is 25.3 Å². The van der Waals surface area contributed by atoms with Crippen LogP contribution in [0, 0.1) is 10.1 Å². The molecule has 8 heteroatoms. The lowest BCUT2D eigenvalue weighted by atomic mass is 10.2. The lowest BCUT2D eigenvalue weighted by molar-refractivity contribution is -0.385. The Hall–Kier alpha value is -2.35. The Bertz CT molecular complexity index is 581. The van der Waals surface area contributed by atoms with Crippen molar-refractivity contribution < 1.29 is 23.9 Å². The Morgan fingerprint density at radius 3 is 2.57 bits per heavy atom. The summed E-state index contributed by atoms with van der Waals surface area (Å²) in [6.45, 7) is 4.59. The highest BCUT2D eigenvalue weighted by molar-refractivity contribution is 5.78. The highest BCUT2D eigenvalue weighted by Crippen LogP contribution is 2.31. The molecule has 0 aromatic heterocycles. The number of methoxy groups -OCH3 is 1. The molecule has 0 aliphatic carbocycles. The second kappa shape index (κ2) is 7.28. The minimum Gasteiger partial charge on any atom is -0.493 e. The van der Waals surface area contributed by atoms with Gasteiger partial charge in [-0.15, -0.1) is 0 Å². The predicted molar refractivity (Wildman–Crippen MR) is 81.7 cm³/mol. The van der Waals surface area contributed by atoms with E-state index in [4.69, 9.17) is 14.2 Å². The van der Waals surface area contributed by atoms with Gasteiger partial charge in [0.05, 0.1) is 30.3 Å². The normalized spacial score (nSPS) is 20.9. The highest BCUT2D eigenvalue weighted by atomic mass is 16.6. The third kappa shape index (κ3) is 4.32. The Kier molecular flexibility index (Phi) is 5.38. The van der Waals surface area contributed by atoms with Gasteiger partial charge in [-0.25, -0.2) is 0 Å². The standard InChI is InChI=1S/C15H20N2O6/c1-10-7-16(8-11(2)23-10)15(18)9-22-14-6-12(17(19)20)4-5-13(14)21-3/h4-6,10-11H,7-9H2,1-3H3/t10-,11-/m0/s1. The van der Waals surface area contributed by atoms with E-state index in [0.29, 0.717) is 18.8 Å². The third-order valence-electron chi connectivity index (χ3n) is 3.48. The molecule has 0 bridgehead atoms. The van der Waals surface area contributed by atoms with E-state index in [0.717, 1.165) is 0 Å². The van der Waals surface area contributed by atoms with E-state index >= 15 is 0 Å². The summed E-state index contributed by atoms with van der Waals surface area (Å²) in [5.74, 6) is 0.317. The number of hydrogen-bond donors (Lipinski definition) is 0. The molecule has 8 nitrogen and oxygen atoms in total. The van der Waals surface area contributed by atoms with Gasteiger partial charge in [-0.2, -0.15) is 0 Å². The van der Waals surface area contributed by atoms with Crippen LogP contribution in [0.3, 0.4) is 0 Å². The molecule has 1 heterocycles. The van der Waals surface area contributed by atoms with Gasteiger partial charge in [0.25, 0.3) is 11.6 Å². The van der Waals surface area contributed by atoms with Gasteiger partial charge in [-0.05, 0) is 19.9 Å². The van der Waals surface area contributed by atoms with Crippen molar-refractivity contribution in [1.82, 2.24) is 4.90 Å². The second-order valence-electron chi connectivity index (χ2n) is 5.44. The van der Waals surface area contributed by atoms with Gasteiger partial charge in [0.1, 0.15) is 0 Å². The van der Waals surface area contributed by atoms with Gasteiger partial charge in [-0.3, -0.25) is 14.9 Å². The van der Waals surface area contributed by atoms with Crippen LogP contribution in [-0.2, 0) is 9.53 Å². The highest BCUT2D eigenvalue weighted by Gasteiger charge is 2.26. The number of carbonyl (C=O) groups excluding carboxylic acids is 1. The zero-order chi connectivity index (χ0) is 17.0. The van der Waals surface area contributed by atoms with Gasteiger partial charge in [0.15, 0.2) is 18.1 Å². The molecule has 1 fully saturated rings. The number of amides is 1. The molecule has 0 saturated carbocycles. The van der Waals surface area contributed by atoms with Crippen molar-refractivity contribution in [3.63, 3.8) is 0 Å². The van der Waals surface area contributed by atoms with Crippen LogP contribution in [-0.4, -0.2) is 54.7 Å². The maximum atomic E-state index is 12.3. The fourth-order valence-electron chi connectivity index (χ4n) is 2.50. The first-order valence-corrected chi connectivity index (χ1v) is 7.29. The van der Waals surface area contributed by atoms with Crippen LogP contribution in [0.1, 0.15) is 13.8 Å². The number of rotatable bonds is 5. The number of non-ortho nitro benzene ring substituents is 1. The summed E-state index contributed by atoms with van der Waals surface area (Å²) in [5, 5.41) is 10.8. The summed E-state index contributed by atoms with van der Waals surface area (Å²) in [6.07, 6.45) is -0.0647. The van der Waals surface area contributed by atoms with Crippen LogP contribution >= 0.6 is 0 Å². The zero-order valence-electron chi connectivity index (χ0n) is 13.4. The largest absolute Gasteiger partial charge is 0.493 e. The first-order valence-electron chi connectivity index (χ1n) is 7.29. The van der Waals surface area contributed by atoms with E-state index in [2.05, 4.69) is 0 Å². The molecule has 0 radical (unpaired) electrons. The molecule has 126 valence electrons. The molecule has 0 unspecified atom stereocenters. The molecule has 0 spiro atoms. The van der Waals surface area contributed by atoms with Crippen molar-refractivity contribution in [3.8, 4) is 11.5 Å². The summed E-state index contributed by atoms with van der Waals surface area (Å²) in [6, 6.07) is 4.01. The van der Waals surface area contributed by atoms with Gasteiger partial charge >= 0.3 is 0 Å². The summed E-state index contributed by atoms with van der Waals surface area (Å²) >= 11 is 0. The number of ether oxygens (including phenoxy) is 3. The van der Waals surface area contributed by atoms with Gasteiger partial charge in [0, 0.05) is 19.2 Å². The smallest absolute Gasteiger partial charge is 0.273 e. The van der Waals surface area contributed by atoms with Crippen molar-refractivity contribution in [2.45, 2.75) is 26.1 Å². The summed E-state index contributed by atoms with van der Waals surface area (Å²) < 4.78 is 16.1. The maximum Gasteiger partial charge on any atom is 0.273 e. The molecule has 2 rings (SSSR count). The fourth-order valence-corrected chi connectivity index (χ4v) is 2.50. The van der Waals surface area contributed by atoms with Crippen LogP contribution in [0.4, 0.5) is 5.69 Å². The van der Waals surface area contributed by atoms with Crippen molar-refractivity contribution in [1.29, 1.82) is 0 Å². The molecule has 2 atom stereocenters. The summed E-state index contributed by atoms with van der Waals surface area (Å²) in [5.41, 5.74) is -0.123. The van der Waals surface area contributed by atoms with E-state index in [1.54, 1.807) is 4.90 Å². The number of hydrogen-bond acceptors (Lipinski definition) is 6. The topological polar surface area (TPSA) is 91.1 Å². The monoisotopic (exact) mass is 324 g/mol. The van der Waals surface area contributed by atoms with Gasteiger partial charge in [-0.1, -0.05) is 0 Å². The molecule has 0 N–H and O–H groups in total. The molecular weight excluding hydrogens is 304 g/mol. The average molecular weight is 324 g/mol. The Labute approximate surface area is 134 Å². The lowest BCUT2D eigenvalue weighted by Crippen LogP contribution is -2.49. The van der Waals surface area contributed by atoms with Crippen molar-refractivity contribution in [2.75, 3.05) is 26.8 Å². The fraction of sp³-hybridized carbons (Fsp3) is 0.533. The SMILES string of the molecule is COc1ccc([N+](=O)[O-])cc1OCC(=O)N1C[C@H](C)O[C@@H](C)C1. The lowest BCUT2D eigenvalue weighted by Gasteiger charge is -2.35. The van der Waals surface area contributed by atoms with E-state index in [1.807, 2.05) is 13.8 Å².